The van der Waals surface area contributed by atoms with Crippen LogP contribution in [-0.4, -0.2) is 47.8 Å². The number of nitrogens with zero attached hydrogens (tertiary/aromatic N) is 2. The van der Waals surface area contributed by atoms with E-state index in [4.69, 9.17) is 29.1 Å². The summed E-state index contributed by atoms with van der Waals surface area (Å²) in [6.07, 6.45) is -1.46. The third-order valence-electron chi connectivity index (χ3n) is 7.90. The number of hydrogen-bond donors (Lipinski definition) is 3. The molecule has 39 heavy (non-hydrogen) atoms. The van der Waals surface area contributed by atoms with Gasteiger partial charge in [-0.1, -0.05) is 42.5 Å². The quantitative estimate of drug-likeness (QED) is 0.326. The second-order valence-electron chi connectivity index (χ2n) is 9.63. The van der Waals surface area contributed by atoms with Gasteiger partial charge in [0.05, 0.1) is 39.4 Å². The zero-order valence-electron chi connectivity index (χ0n) is 21.7. The Labute approximate surface area is 224 Å². The van der Waals surface area contributed by atoms with Crippen molar-refractivity contribution in [3.8, 4) is 23.0 Å². The van der Waals surface area contributed by atoms with Crippen molar-refractivity contribution in [3.05, 3.63) is 95.2 Å². The minimum Gasteiger partial charge on any atom is -0.497 e. The number of hydrogen-bond acceptors (Lipinski definition) is 10. The van der Waals surface area contributed by atoms with Crippen molar-refractivity contribution in [1.29, 1.82) is 0 Å². The van der Waals surface area contributed by atoms with Crippen LogP contribution in [0.15, 0.2) is 71.1 Å². The van der Waals surface area contributed by atoms with Gasteiger partial charge < -0.3 is 39.3 Å². The van der Waals surface area contributed by atoms with Gasteiger partial charge in [-0.3, -0.25) is 0 Å². The van der Waals surface area contributed by atoms with Crippen LogP contribution in [0.4, 0.5) is 0 Å². The molecule has 0 amide bonds. The lowest BCUT2D eigenvalue weighted by molar-refractivity contribution is -0.151. The first-order valence-corrected chi connectivity index (χ1v) is 12.5. The minimum atomic E-state index is -2.02. The molecule has 1 aliphatic carbocycles. The lowest BCUT2D eigenvalue weighted by Crippen LogP contribution is -2.52. The Balaban J connectivity index is 1.70. The second kappa shape index (κ2) is 9.26. The Kier molecular flexibility index (Phi) is 5.98. The van der Waals surface area contributed by atoms with Crippen molar-refractivity contribution < 1.29 is 33.6 Å². The van der Waals surface area contributed by atoms with Gasteiger partial charge in [0.2, 0.25) is 11.8 Å². The van der Waals surface area contributed by atoms with Crippen molar-refractivity contribution in [3.63, 3.8) is 0 Å². The van der Waals surface area contributed by atoms with Crippen LogP contribution in [0.25, 0.3) is 0 Å². The highest BCUT2D eigenvalue weighted by atomic mass is 16.5. The monoisotopic (exact) mass is 531 g/mol. The smallest absolute Gasteiger partial charge is 0.230 e. The molecule has 6 rings (SSSR count). The van der Waals surface area contributed by atoms with Gasteiger partial charge in [-0.25, -0.2) is 0 Å². The summed E-state index contributed by atoms with van der Waals surface area (Å²) in [5, 5.41) is 33.4. The van der Waals surface area contributed by atoms with Gasteiger partial charge in [-0.15, -0.1) is 10.2 Å². The molecule has 5 unspecified atom stereocenters. The van der Waals surface area contributed by atoms with E-state index in [0.29, 0.717) is 34.1 Å². The van der Waals surface area contributed by atoms with Crippen molar-refractivity contribution >= 4 is 0 Å². The fourth-order valence-electron chi connectivity index (χ4n) is 6.26. The molecular formula is C29H29N3O7. The maximum absolute atomic E-state index is 12.9. The van der Waals surface area contributed by atoms with Gasteiger partial charge in [-0.2, -0.15) is 0 Å². The van der Waals surface area contributed by atoms with Gasteiger partial charge in [0.25, 0.3) is 0 Å². The Hall–Kier alpha value is -4.12. The SMILES string of the molecule is COc1ccc(C23Oc4cc(OC)cc(OC)c4C2(O)C(O)C(c2nnc(CN)o2)C3c2ccccc2)cc1. The molecule has 3 aromatic carbocycles. The summed E-state index contributed by atoms with van der Waals surface area (Å²) < 4.78 is 29.4. The lowest BCUT2D eigenvalue weighted by Gasteiger charge is -2.40. The standard InChI is InChI=1S/C29H29N3O7/c1-35-18-11-9-17(10-12-18)29-24(16-7-5-4-6-8-16)23(27-32-31-22(15-30)38-27)26(33)28(29,34)25-20(37-3)13-19(36-2)14-21(25)39-29/h4-14,23-24,26,33-34H,15,30H2,1-3H3. The highest BCUT2D eigenvalue weighted by molar-refractivity contribution is 5.63. The van der Waals surface area contributed by atoms with Crippen LogP contribution in [-0.2, 0) is 17.7 Å². The van der Waals surface area contributed by atoms with E-state index in [0.717, 1.165) is 5.56 Å². The summed E-state index contributed by atoms with van der Waals surface area (Å²) in [5.74, 6) is 0.544. The molecule has 5 atom stereocenters. The maximum Gasteiger partial charge on any atom is 0.230 e. The molecule has 4 N–H and O–H groups in total. The molecule has 1 aliphatic heterocycles. The molecule has 1 saturated carbocycles. The van der Waals surface area contributed by atoms with Crippen LogP contribution in [0, 0.1) is 0 Å². The number of ether oxygens (including phenoxy) is 4. The zero-order valence-corrected chi connectivity index (χ0v) is 21.7. The Morgan fingerprint density at radius 2 is 1.64 bits per heavy atom. The summed E-state index contributed by atoms with van der Waals surface area (Å²) in [6.45, 7) is 0.0344. The summed E-state index contributed by atoms with van der Waals surface area (Å²) in [4.78, 5) is 0. The fraction of sp³-hybridized carbons (Fsp3) is 0.310. The third kappa shape index (κ3) is 3.38. The first-order valence-electron chi connectivity index (χ1n) is 12.5. The number of nitrogens with two attached hydrogens (primary N) is 1. The normalized spacial score (nSPS) is 27.0. The summed E-state index contributed by atoms with van der Waals surface area (Å²) in [5.41, 5.74) is 3.89. The number of aliphatic hydroxyl groups is 2. The van der Waals surface area contributed by atoms with E-state index < -0.39 is 29.1 Å². The average molecular weight is 532 g/mol. The molecule has 1 aromatic heterocycles. The van der Waals surface area contributed by atoms with E-state index >= 15 is 0 Å². The summed E-state index contributed by atoms with van der Waals surface area (Å²) >= 11 is 0. The largest absolute Gasteiger partial charge is 0.497 e. The zero-order chi connectivity index (χ0) is 27.4. The molecule has 2 heterocycles. The number of benzene rings is 3. The van der Waals surface area contributed by atoms with Gasteiger partial charge in [0.1, 0.15) is 29.1 Å². The maximum atomic E-state index is 12.9. The van der Waals surface area contributed by atoms with E-state index in [1.165, 1.54) is 14.2 Å². The lowest BCUT2D eigenvalue weighted by atomic mass is 9.70. The minimum absolute atomic E-state index is 0.0344. The van der Waals surface area contributed by atoms with Crippen molar-refractivity contribution in [2.24, 2.45) is 5.73 Å². The number of aliphatic hydroxyl groups excluding tert-OH is 1. The topological polar surface area (TPSA) is 142 Å². The van der Waals surface area contributed by atoms with Crippen molar-refractivity contribution in [2.75, 3.05) is 21.3 Å². The number of methoxy groups -OCH3 is 3. The van der Waals surface area contributed by atoms with E-state index in [2.05, 4.69) is 10.2 Å². The second-order valence-corrected chi connectivity index (χ2v) is 9.63. The summed E-state index contributed by atoms with van der Waals surface area (Å²) in [7, 11) is 4.60. The molecule has 0 spiro atoms. The van der Waals surface area contributed by atoms with Crippen LogP contribution in [0.5, 0.6) is 23.0 Å². The Bertz CT molecular complexity index is 1490. The average Bonchev–Trinajstić information content (AvgIpc) is 3.61. The van der Waals surface area contributed by atoms with Crippen molar-refractivity contribution in [1.82, 2.24) is 10.2 Å². The molecule has 202 valence electrons. The van der Waals surface area contributed by atoms with Crippen LogP contribution >= 0.6 is 0 Å². The van der Waals surface area contributed by atoms with Crippen molar-refractivity contribution in [2.45, 2.75) is 35.7 Å². The molecule has 4 aromatic rings. The van der Waals surface area contributed by atoms with Crippen LogP contribution < -0.4 is 24.7 Å². The molecule has 10 heteroatoms. The van der Waals surface area contributed by atoms with Crippen LogP contribution in [0.3, 0.4) is 0 Å². The molecular weight excluding hydrogens is 502 g/mol. The third-order valence-corrected chi connectivity index (χ3v) is 7.90. The first kappa shape index (κ1) is 25.2. The molecule has 10 nitrogen and oxygen atoms in total. The first-order chi connectivity index (χ1) is 18.9. The molecule has 0 radical (unpaired) electrons. The highest BCUT2D eigenvalue weighted by Crippen LogP contribution is 2.72. The fourth-order valence-corrected chi connectivity index (χ4v) is 6.26. The predicted octanol–water partition coefficient (Wildman–Crippen LogP) is 2.97. The molecule has 0 bridgehead atoms. The van der Waals surface area contributed by atoms with Crippen LogP contribution in [0.2, 0.25) is 0 Å². The summed E-state index contributed by atoms with van der Waals surface area (Å²) in [6, 6.07) is 20.1. The Morgan fingerprint density at radius 1 is 0.923 bits per heavy atom. The van der Waals surface area contributed by atoms with Gasteiger partial charge >= 0.3 is 0 Å². The van der Waals surface area contributed by atoms with Gasteiger partial charge in [0, 0.05) is 18.1 Å². The number of fused-ring (bicyclic) bond motifs is 3. The highest BCUT2D eigenvalue weighted by Gasteiger charge is 2.78. The number of rotatable bonds is 7. The van der Waals surface area contributed by atoms with Gasteiger partial charge in [0.15, 0.2) is 11.2 Å². The van der Waals surface area contributed by atoms with E-state index in [-0.39, 0.29) is 18.3 Å². The van der Waals surface area contributed by atoms with Crippen LogP contribution in [0.1, 0.15) is 40.3 Å². The molecule has 0 saturated heterocycles. The predicted molar refractivity (Wildman–Crippen MR) is 139 cm³/mol. The van der Waals surface area contributed by atoms with E-state index in [1.54, 1.807) is 31.4 Å². The van der Waals surface area contributed by atoms with E-state index in [9.17, 15) is 10.2 Å². The number of aromatic nitrogens is 2. The molecule has 1 fully saturated rings. The Morgan fingerprint density at radius 3 is 2.26 bits per heavy atom. The molecule has 2 aliphatic rings. The van der Waals surface area contributed by atoms with E-state index in [1.807, 2.05) is 42.5 Å². The van der Waals surface area contributed by atoms with Gasteiger partial charge in [-0.05, 0) is 23.3 Å².